The van der Waals surface area contributed by atoms with Crippen molar-refractivity contribution in [2.75, 3.05) is 6.61 Å². The third kappa shape index (κ3) is 5.76. The van der Waals surface area contributed by atoms with Crippen molar-refractivity contribution in [2.45, 2.75) is 91.1 Å². The van der Waals surface area contributed by atoms with Crippen molar-refractivity contribution in [3.63, 3.8) is 0 Å². The number of nitrogens with one attached hydrogen (secondary N) is 2. The van der Waals surface area contributed by atoms with E-state index in [-0.39, 0.29) is 24.3 Å². The Morgan fingerprint density at radius 2 is 1.91 bits per heavy atom. The van der Waals surface area contributed by atoms with E-state index in [0.29, 0.717) is 18.6 Å². The molecule has 0 aromatic carbocycles. The molecule has 0 radical (unpaired) electrons. The minimum atomic E-state index is -0.472. The lowest BCUT2D eigenvalue weighted by Gasteiger charge is -2.47. The number of carbonyl (C=O) groups excluding carboxylic acids is 1. The Morgan fingerprint density at radius 3 is 2.36 bits per heavy atom. The molecule has 1 saturated carbocycles. The predicted octanol–water partition coefficient (Wildman–Crippen LogP) is 3.08. The quantitative estimate of drug-likeness (QED) is 0.758. The first-order chi connectivity index (χ1) is 10.2. The Bertz CT molecular complexity index is 352. The van der Waals surface area contributed by atoms with E-state index in [0.717, 1.165) is 12.8 Å². The van der Waals surface area contributed by atoms with Crippen molar-refractivity contribution in [3.05, 3.63) is 0 Å². The van der Waals surface area contributed by atoms with Crippen LogP contribution in [-0.4, -0.2) is 42.5 Å². The molecule has 2 N–H and O–H groups in total. The SMILES string of the molecule is CCOC1CC(NC(=O)OC(C)(C)C)C1NC(CC)C(C)C. The highest BCUT2D eigenvalue weighted by molar-refractivity contribution is 5.68. The Kier molecular flexibility index (Phi) is 7.13. The van der Waals surface area contributed by atoms with Crippen LogP contribution in [0.25, 0.3) is 0 Å². The van der Waals surface area contributed by atoms with Crippen LogP contribution in [0.4, 0.5) is 4.79 Å². The van der Waals surface area contributed by atoms with Crippen LogP contribution < -0.4 is 10.6 Å². The fourth-order valence-electron chi connectivity index (χ4n) is 2.85. The summed E-state index contributed by atoms with van der Waals surface area (Å²) < 4.78 is 11.1. The van der Waals surface area contributed by atoms with E-state index >= 15 is 0 Å². The molecule has 1 aliphatic carbocycles. The summed E-state index contributed by atoms with van der Waals surface area (Å²) in [7, 11) is 0. The molecule has 0 aromatic heterocycles. The lowest BCUT2D eigenvalue weighted by Crippen LogP contribution is -2.68. The third-order valence-corrected chi connectivity index (χ3v) is 4.05. The Hall–Kier alpha value is -0.810. The summed E-state index contributed by atoms with van der Waals surface area (Å²) in [6.07, 6.45) is 1.71. The van der Waals surface area contributed by atoms with Gasteiger partial charge in [-0.05, 0) is 46.5 Å². The molecular formula is C17H34N2O3. The first-order valence-corrected chi connectivity index (χ1v) is 8.55. The van der Waals surface area contributed by atoms with Crippen LogP contribution in [0.2, 0.25) is 0 Å². The standard InChI is InChI=1S/C17H34N2O3/c1-8-12(11(3)4)18-15-13(10-14(15)21-9-2)19-16(20)22-17(5,6)7/h11-15,18H,8-10H2,1-7H3,(H,19,20). The molecule has 0 heterocycles. The highest BCUT2D eigenvalue weighted by Gasteiger charge is 2.44. The molecule has 0 aliphatic heterocycles. The van der Waals surface area contributed by atoms with Gasteiger partial charge in [-0.1, -0.05) is 20.8 Å². The maximum Gasteiger partial charge on any atom is 0.407 e. The van der Waals surface area contributed by atoms with Gasteiger partial charge in [-0.2, -0.15) is 0 Å². The summed E-state index contributed by atoms with van der Waals surface area (Å²) in [6.45, 7) is 14.9. The summed E-state index contributed by atoms with van der Waals surface area (Å²) in [5.74, 6) is 0.551. The molecule has 5 heteroatoms. The van der Waals surface area contributed by atoms with Crippen LogP contribution in [0.5, 0.6) is 0 Å². The summed E-state index contributed by atoms with van der Waals surface area (Å²) >= 11 is 0. The monoisotopic (exact) mass is 314 g/mol. The van der Waals surface area contributed by atoms with Gasteiger partial charge >= 0.3 is 6.09 Å². The maximum absolute atomic E-state index is 12.0. The molecule has 5 nitrogen and oxygen atoms in total. The zero-order valence-electron chi connectivity index (χ0n) is 15.2. The lowest BCUT2D eigenvalue weighted by molar-refractivity contribution is -0.0483. The average molecular weight is 314 g/mol. The van der Waals surface area contributed by atoms with Crippen molar-refractivity contribution in [1.82, 2.24) is 10.6 Å². The molecule has 0 spiro atoms. The van der Waals surface area contributed by atoms with Gasteiger partial charge in [0, 0.05) is 12.6 Å². The topological polar surface area (TPSA) is 59.6 Å². The molecule has 4 unspecified atom stereocenters. The largest absolute Gasteiger partial charge is 0.444 e. The molecule has 1 fully saturated rings. The number of carbonyl (C=O) groups is 1. The number of amides is 1. The van der Waals surface area contributed by atoms with Gasteiger partial charge in [-0.15, -0.1) is 0 Å². The van der Waals surface area contributed by atoms with Gasteiger partial charge in [0.2, 0.25) is 0 Å². The summed E-state index contributed by atoms with van der Waals surface area (Å²) in [5.41, 5.74) is -0.472. The van der Waals surface area contributed by atoms with Gasteiger partial charge in [0.25, 0.3) is 0 Å². The molecule has 0 saturated heterocycles. The first kappa shape index (κ1) is 19.2. The number of rotatable bonds is 7. The van der Waals surface area contributed by atoms with Crippen molar-refractivity contribution < 1.29 is 14.3 Å². The van der Waals surface area contributed by atoms with E-state index in [1.807, 2.05) is 27.7 Å². The normalized spacial score (nSPS) is 26.5. The van der Waals surface area contributed by atoms with Gasteiger partial charge < -0.3 is 20.1 Å². The number of alkyl carbamates (subject to hydrolysis) is 1. The summed E-state index contributed by atoms with van der Waals surface area (Å²) in [4.78, 5) is 12.0. The lowest BCUT2D eigenvalue weighted by atomic mass is 9.81. The van der Waals surface area contributed by atoms with Gasteiger partial charge in [0.1, 0.15) is 5.60 Å². The van der Waals surface area contributed by atoms with Crippen LogP contribution in [0.3, 0.4) is 0 Å². The van der Waals surface area contributed by atoms with Gasteiger partial charge in [-0.3, -0.25) is 0 Å². The molecule has 22 heavy (non-hydrogen) atoms. The minimum absolute atomic E-state index is 0.0687. The fraction of sp³-hybridized carbons (Fsp3) is 0.941. The van der Waals surface area contributed by atoms with Crippen molar-refractivity contribution in [2.24, 2.45) is 5.92 Å². The van der Waals surface area contributed by atoms with Crippen LogP contribution in [0.15, 0.2) is 0 Å². The van der Waals surface area contributed by atoms with E-state index in [2.05, 4.69) is 31.4 Å². The Morgan fingerprint density at radius 1 is 1.27 bits per heavy atom. The minimum Gasteiger partial charge on any atom is -0.444 e. The second-order valence-corrected chi connectivity index (χ2v) is 7.43. The zero-order valence-corrected chi connectivity index (χ0v) is 15.2. The van der Waals surface area contributed by atoms with E-state index in [9.17, 15) is 4.79 Å². The maximum atomic E-state index is 12.0. The van der Waals surface area contributed by atoms with Crippen molar-refractivity contribution >= 4 is 6.09 Å². The number of ether oxygens (including phenoxy) is 2. The molecule has 0 aromatic rings. The highest BCUT2D eigenvalue weighted by Crippen LogP contribution is 2.26. The first-order valence-electron chi connectivity index (χ1n) is 8.55. The van der Waals surface area contributed by atoms with Crippen LogP contribution >= 0.6 is 0 Å². The fourth-order valence-corrected chi connectivity index (χ4v) is 2.85. The second kappa shape index (κ2) is 8.16. The Balaban J connectivity index is 2.60. The van der Waals surface area contributed by atoms with E-state index < -0.39 is 5.60 Å². The van der Waals surface area contributed by atoms with Gasteiger partial charge in [0.15, 0.2) is 0 Å². The second-order valence-electron chi connectivity index (χ2n) is 7.43. The summed E-state index contributed by atoms with van der Waals surface area (Å²) in [6, 6.07) is 0.648. The number of hydrogen-bond acceptors (Lipinski definition) is 4. The molecule has 1 amide bonds. The van der Waals surface area contributed by atoms with Crippen LogP contribution in [-0.2, 0) is 9.47 Å². The number of hydrogen-bond donors (Lipinski definition) is 2. The van der Waals surface area contributed by atoms with Gasteiger partial charge in [-0.25, -0.2) is 4.79 Å². The highest BCUT2D eigenvalue weighted by atomic mass is 16.6. The average Bonchev–Trinajstić information content (AvgIpc) is 2.35. The van der Waals surface area contributed by atoms with Crippen LogP contribution in [0.1, 0.15) is 61.3 Å². The molecule has 1 aliphatic rings. The summed E-state index contributed by atoms with van der Waals surface area (Å²) in [5, 5.41) is 6.64. The predicted molar refractivity (Wildman–Crippen MR) is 89.0 cm³/mol. The van der Waals surface area contributed by atoms with Gasteiger partial charge in [0.05, 0.1) is 18.2 Å². The molecule has 130 valence electrons. The van der Waals surface area contributed by atoms with Crippen LogP contribution in [0, 0.1) is 5.92 Å². The smallest absolute Gasteiger partial charge is 0.407 e. The zero-order chi connectivity index (χ0) is 16.9. The van der Waals surface area contributed by atoms with Crippen molar-refractivity contribution in [3.8, 4) is 0 Å². The van der Waals surface area contributed by atoms with Crippen molar-refractivity contribution in [1.29, 1.82) is 0 Å². The molecule has 0 bridgehead atoms. The third-order valence-electron chi connectivity index (χ3n) is 4.05. The van der Waals surface area contributed by atoms with E-state index in [1.165, 1.54) is 0 Å². The van der Waals surface area contributed by atoms with E-state index in [4.69, 9.17) is 9.47 Å². The molecular weight excluding hydrogens is 280 g/mol. The molecule has 1 rings (SSSR count). The van der Waals surface area contributed by atoms with E-state index in [1.54, 1.807) is 0 Å². The molecule has 4 atom stereocenters. The Labute approximate surface area is 135 Å².